The Morgan fingerprint density at radius 1 is 0.520 bits per heavy atom. The summed E-state index contributed by atoms with van der Waals surface area (Å²) in [6, 6.07) is 0. The van der Waals surface area contributed by atoms with E-state index in [1.807, 2.05) is 0 Å². The number of carbonyl (C=O) groups is 2. The second-order valence-electron chi connectivity index (χ2n) is 6.49. The molecule has 152 valence electrons. The third-order valence-corrected chi connectivity index (χ3v) is 3.97. The van der Waals surface area contributed by atoms with E-state index < -0.39 is 11.9 Å². The second-order valence-corrected chi connectivity index (χ2v) is 6.49. The molecular weight excluding hydrogens is 411 g/mol. The van der Waals surface area contributed by atoms with Gasteiger partial charge in [0.15, 0.2) is 0 Å². The summed E-state index contributed by atoms with van der Waals surface area (Å²) in [6.07, 6.45) is 16.7. The summed E-state index contributed by atoms with van der Waals surface area (Å²) < 4.78 is 0. The number of rotatable bonds is 16. The van der Waals surface area contributed by atoms with E-state index in [9.17, 15) is 19.8 Å². The zero-order chi connectivity index (χ0) is 18.5. The van der Waals surface area contributed by atoms with E-state index in [0.29, 0.717) is 0 Å². The normalized spacial score (nSPS) is 9.68. The molecule has 5 heteroatoms. The summed E-state index contributed by atoms with van der Waals surface area (Å²) in [5.74, 6) is -1.83. The van der Waals surface area contributed by atoms with E-state index in [-0.39, 0.29) is 33.3 Å². The largest absolute Gasteiger partial charge is 2.00 e. The van der Waals surface area contributed by atoms with E-state index in [1.54, 1.807) is 0 Å². The number of carboxylic acids is 2. The summed E-state index contributed by atoms with van der Waals surface area (Å²) in [5, 5.41) is 20.0. The van der Waals surface area contributed by atoms with Crippen LogP contribution in [0.4, 0.5) is 0 Å². The van der Waals surface area contributed by atoms with Crippen molar-refractivity contribution < 1.29 is 40.2 Å². The van der Waals surface area contributed by atoms with Gasteiger partial charge in [0.2, 0.25) is 0 Å². The molecule has 0 unspecified atom stereocenters. The van der Waals surface area contributed by atoms with Crippen LogP contribution in [0.2, 0.25) is 0 Å². The monoisotopic (exact) mass is 448 g/mol. The Balaban J connectivity index is -0.000000372. The van der Waals surface area contributed by atoms with Gasteiger partial charge in [-0.15, -0.1) is 0 Å². The van der Waals surface area contributed by atoms with E-state index in [1.165, 1.54) is 64.2 Å². The standard InChI is InChI=1S/2C10H20O2.Pd/c2*1-2-3-4-5-6-7-8-9-10(11)12;/h2*2-9H2,1H3,(H,11,12);/q;;+2/p-2. The minimum Gasteiger partial charge on any atom is -0.550 e. The van der Waals surface area contributed by atoms with Crippen LogP contribution in [-0.4, -0.2) is 11.9 Å². The first-order chi connectivity index (χ1) is 11.5. The first kappa shape index (κ1) is 29.4. The van der Waals surface area contributed by atoms with Gasteiger partial charge in [0.1, 0.15) is 0 Å². The van der Waals surface area contributed by atoms with Gasteiger partial charge < -0.3 is 19.8 Å². The molecule has 0 aromatic heterocycles. The molecule has 0 aromatic carbocycles. The third-order valence-electron chi connectivity index (χ3n) is 3.97. The zero-order valence-corrected chi connectivity index (χ0v) is 17.8. The van der Waals surface area contributed by atoms with E-state index in [0.717, 1.165) is 25.7 Å². The van der Waals surface area contributed by atoms with Crippen molar-refractivity contribution in [2.75, 3.05) is 0 Å². The van der Waals surface area contributed by atoms with Gasteiger partial charge in [-0.05, 0) is 25.7 Å². The van der Waals surface area contributed by atoms with E-state index in [2.05, 4.69) is 13.8 Å². The molecule has 4 nitrogen and oxygen atoms in total. The molecule has 0 spiro atoms. The van der Waals surface area contributed by atoms with Gasteiger partial charge in [-0.25, -0.2) is 0 Å². The van der Waals surface area contributed by atoms with Crippen molar-refractivity contribution >= 4 is 11.9 Å². The summed E-state index contributed by atoms with van der Waals surface area (Å²) in [7, 11) is 0. The Morgan fingerprint density at radius 3 is 1.00 bits per heavy atom. The van der Waals surface area contributed by atoms with Crippen LogP contribution < -0.4 is 10.2 Å². The number of carboxylic acid groups (broad SMARTS) is 2. The maximum atomic E-state index is 10.0. The van der Waals surface area contributed by atoms with E-state index in [4.69, 9.17) is 0 Å². The fourth-order valence-electron chi connectivity index (χ4n) is 2.45. The molecule has 0 heterocycles. The molecule has 25 heavy (non-hydrogen) atoms. The zero-order valence-electron chi connectivity index (χ0n) is 16.3. The van der Waals surface area contributed by atoms with Gasteiger partial charge in [-0.2, -0.15) is 0 Å². The van der Waals surface area contributed by atoms with Crippen LogP contribution in [0.5, 0.6) is 0 Å². The SMILES string of the molecule is CCCCCCCCCC(=O)[O-].CCCCCCCCCC(=O)[O-].[Pd+2]. The Morgan fingerprint density at radius 2 is 0.760 bits per heavy atom. The number of hydrogen-bond acceptors (Lipinski definition) is 4. The molecule has 0 aromatic rings. The number of hydrogen-bond donors (Lipinski definition) is 0. The Hall–Kier alpha value is -0.398. The number of aliphatic carboxylic acids is 2. The molecule has 0 fully saturated rings. The molecule has 0 radical (unpaired) electrons. The topological polar surface area (TPSA) is 80.3 Å². The van der Waals surface area contributed by atoms with Crippen molar-refractivity contribution in [1.29, 1.82) is 0 Å². The van der Waals surface area contributed by atoms with Gasteiger partial charge in [-0.3, -0.25) is 0 Å². The van der Waals surface area contributed by atoms with Crippen LogP contribution in [0.1, 0.15) is 117 Å². The third kappa shape index (κ3) is 35.5. The molecule has 0 N–H and O–H groups in total. The van der Waals surface area contributed by atoms with Gasteiger partial charge >= 0.3 is 20.4 Å². The van der Waals surface area contributed by atoms with Crippen molar-refractivity contribution in [1.82, 2.24) is 0 Å². The fraction of sp³-hybridized carbons (Fsp3) is 0.900. The van der Waals surface area contributed by atoms with Crippen molar-refractivity contribution in [2.45, 2.75) is 117 Å². The summed E-state index contributed by atoms with van der Waals surface area (Å²) in [6.45, 7) is 4.38. The van der Waals surface area contributed by atoms with Crippen LogP contribution in [0, 0.1) is 0 Å². The van der Waals surface area contributed by atoms with Crippen molar-refractivity contribution in [3.8, 4) is 0 Å². The molecule has 0 rings (SSSR count). The molecule has 0 bridgehead atoms. The average molecular weight is 449 g/mol. The van der Waals surface area contributed by atoms with Crippen molar-refractivity contribution in [2.24, 2.45) is 0 Å². The summed E-state index contributed by atoms with van der Waals surface area (Å²) in [4.78, 5) is 20.0. The van der Waals surface area contributed by atoms with Crippen LogP contribution >= 0.6 is 0 Å². The predicted octanol–water partition coefficient (Wildman–Crippen LogP) is 3.75. The molecule has 0 aliphatic carbocycles. The van der Waals surface area contributed by atoms with Crippen molar-refractivity contribution in [3.05, 3.63) is 0 Å². The minimum atomic E-state index is -0.913. The molecular formula is C20H38O4Pd. The van der Waals surface area contributed by atoms with Gasteiger partial charge in [0, 0.05) is 11.9 Å². The smallest absolute Gasteiger partial charge is 0.550 e. The predicted molar refractivity (Wildman–Crippen MR) is 95.2 cm³/mol. The summed E-state index contributed by atoms with van der Waals surface area (Å²) >= 11 is 0. The minimum absolute atomic E-state index is 0. The van der Waals surface area contributed by atoms with Crippen LogP contribution in [-0.2, 0) is 30.0 Å². The Kier molecular flexibility index (Phi) is 30.4. The van der Waals surface area contributed by atoms with Gasteiger partial charge in [0.05, 0.1) is 0 Å². The number of carbonyl (C=O) groups excluding carboxylic acids is 2. The quantitative estimate of drug-likeness (QED) is 0.266. The van der Waals surface area contributed by atoms with Crippen LogP contribution in [0.25, 0.3) is 0 Å². The Labute approximate surface area is 168 Å². The Bertz CT molecular complexity index is 255. The molecule has 0 aliphatic rings. The first-order valence-electron chi connectivity index (χ1n) is 9.94. The maximum absolute atomic E-state index is 10.0. The van der Waals surface area contributed by atoms with Crippen molar-refractivity contribution in [3.63, 3.8) is 0 Å². The average Bonchev–Trinajstić information content (AvgIpc) is 2.53. The second kappa shape index (κ2) is 25.8. The molecule has 0 aliphatic heterocycles. The molecule has 0 atom stereocenters. The van der Waals surface area contributed by atoms with Crippen LogP contribution in [0.15, 0.2) is 0 Å². The van der Waals surface area contributed by atoms with E-state index >= 15 is 0 Å². The number of unbranched alkanes of at least 4 members (excludes halogenated alkanes) is 12. The summed E-state index contributed by atoms with van der Waals surface area (Å²) in [5.41, 5.74) is 0. The molecule has 0 amide bonds. The molecule has 0 saturated carbocycles. The fourth-order valence-corrected chi connectivity index (χ4v) is 2.45. The first-order valence-corrected chi connectivity index (χ1v) is 9.94. The maximum Gasteiger partial charge on any atom is 2.00 e. The molecule has 0 saturated heterocycles. The van der Waals surface area contributed by atoms with Gasteiger partial charge in [0.25, 0.3) is 0 Å². The van der Waals surface area contributed by atoms with Crippen LogP contribution in [0.3, 0.4) is 0 Å². The van der Waals surface area contributed by atoms with Gasteiger partial charge in [-0.1, -0.05) is 90.9 Å².